The molecule has 0 unspecified atom stereocenters. The number of pyridine rings is 1. The van der Waals surface area contributed by atoms with Gasteiger partial charge in [-0.05, 0) is 39.8 Å². The highest BCUT2D eigenvalue weighted by molar-refractivity contribution is 6.11. The Labute approximate surface area is 255 Å². The van der Waals surface area contributed by atoms with Crippen molar-refractivity contribution in [1.29, 1.82) is 0 Å². The summed E-state index contributed by atoms with van der Waals surface area (Å²) < 4.78 is 0. The van der Waals surface area contributed by atoms with Crippen molar-refractivity contribution in [2.45, 2.75) is 0 Å². The third-order valence-corrected chi connectivity index (χ3v) is 7.99. The van der Waals surface area contributed by atoms with E-state index in [1.54, 1.807) is 0 Å². The minimum absolute atomic E-state index is 0.631. The Morgan fingerprint density at radius 1 is 0.341 bits per heavy atom. The van der Waals surface area contributed by atoms with E-state index in [9.17, 15) is 0 Å². The van der Waals surface area contributed by atoms with Crippen molar-refractivity contribution in [2.75, 3.05) is 0 Å². The zero-order valence-electron chi connectivity index (χ0n) is 23.8. The molecule has 8 rings (SSSR count). The highest BCUT2D eigenvalue weighted by atomic mass is 15.0. The highest BCUT2D eigenvalue weighted by Crippen LogP contribution is 2.34. The Morgan fingerprint density at radius 2 is 0.795 bits per heavy atom. The van der Waals surface area contributed by atoms with Crippen LogP contribution in [0.3, 0.4) is 0 Å². The van der Waals surface area contributed by atoms with E-state index in [2.05, 4.69) is 126 Å². The van der Waals surface area contributed by atoms with E-state index < -0.39 is 0 Å². The van der Waals surface area contributed by atoms with Crippen LogP contribution in [-0.2, 0) is 0 Å². The van der Waals surface area contributed by atoms with Gasteiger partial charge in [-0.15, -0.1) is 0 Å². The second-order valence-electron chi connectivity index (χ2n) is 10.7. The Morgan fingerprint density at radius 3 is 1.36 bits per heavy atom. The number of benzene rings is 6. The molecule has 0 fully saturated rings. The average molecular weight is 563 g/mol. The van der Waals surface area contributed by atoms with Gasteiger partial charge in [0.15, 0.2) is 17.5 Å². The molecule has 0 spiro atoms. The molecule has 0 aliphatic heterocycles. The monoisotopic (exact) mass is 562 g/mol. The van der Waals surface area contributed by atoms with Crippen LogP contribution in [0.4, 0.5) is 0 Å². The Hall–Kier alpha value is -6.00. The summed E-state index contributed by atoms with van der Waals surface area (Å²) in [6.07, 6.45) is 1.84. The first-order valence-corrected chi connectivity index (χ1v) is 14.6. The molecule has 0 atom stereocenters. The molecule has 0 amide bonds. The van der Waals surface area contributed by atoms with Gasteiger partial charge in [-0.2, -0.15) is 0 Å². The zero-order chi connectivity index (χ0) is 29.3. The van der Waals surface area contributed by atoms with E-state index in [1.807, 2.05) is 36.5 Å². The van der Waals surface area contributed by atoms with E-state index in [0.717, 1.165) is 49.5 Å². The van der Waals surface area contributed by atoms with Crippen LogP contribution in [0.1, 0.15) is 0 Å². The molecule has 0 saturated heterocycles. The fourth-order valence-electron chi connectivity index (χ4n) is 5.74. The van der Waals surface area contributed by atoms with E-state index in [0.29, 0.717) is 17.5 Å². The molecule has 4 heteroatoms. The van der Waals surface area contributed by atoms with Gasteiger partial charge in [0.2, 0.25) is 0 Å². The third-order valence-electron chi connectivity index (χ3n) is 7.99. The lowest BCUT2D eigenvalue weighted by molar-refractivity contribution is 1.08. The maximum absolute atomic E-state index is 5.08. The van der Waals surface area contributed by atoms with Crippen LogP contribution in [0.15, 0.2) is 158 Å². The molecule has 2 aromatic heterocycles. The SMILES string of the molecule is c1ccc(-c2ccc(-c3nc(-c4ccc(-c5ccccc5)cc4)nc(-c4cc5cccnc5c5ccccc45)n3)cc2)cc1. The smallest absolute Gasteiger partial charge is 0.164 e. The van der Waals surface area contributed by atoms with Crippen molar-refractivity contribution in [3.05, 3.63) is 158 Å². The molecule has 206 valence electrons. The van der Waals surface area contributed by atoms with Gasteiger partial charge in [0.25, 0.3) is 0 Å². The van der Waals surface area contributed by atoms with Gasteiger partial charge in [0.1, 0.15) is 0 Å². The summed E-state index contributed by atoms with van der Waals surface area (Å²) in [5, 5.41) is 3.17. The van der Waals surface area contributed by atoms with Crippen molar-refractivity contribution >= 4 is 21.7 Å². The van der Waals surface area contributed by atoms with Crippen LogP contribution in [0, 0.1) is 0 Å². The fraction of sp³-hybridized carbons (Fsp3) is 0. The molecule has 2 heterocycles. The number of rotatable bonds is 5. The Bertz CT molecular complexity index is 2140. The van der Waals surface area contributed by atoms with Gasteiger partial charge in [0, 0.05) is 33.7 Å². The lowest BCUT2D eigenvalue weighted by atomic mass is 9.99. The standard InChI is InChI=1S/C40H26N4/c1-3-10-27(11-4-1)29-17-21-31(22-18-29)38-42-39(32-23-19-30(20-24-32)28-12-5-2-6-13-28)44-40(43-38)36-26-33-14-9-25-41-37(33)35-16-8-7-15-34(35)36/h1-26H. The lowest BCUT2D eigenvalue weighted by Gasteiger charge is -2.12. The van der Waals surface area contributed by atoms with E-state index >= 15 is 0 Å². The second kappa shape index (κ2) is 11.0. The zero-order valence-corrected chi connectivity index (χ0v) is 23.8. The normalized spacial score (nSPS) is 11.2. The first-order chi connectivity index (χ1) is 21.8. The van der Waals surface area contributed by atoms with Crippen molar-refractivity contribution in [1.82, 2.24) is 19.9 Å². The van der Waals surface area contributed by atoms with Gasteiger partial charge in [-0.25, -0.2) is 15.0 Å². The lowest BCUT2D eigenvalue weighted by Crippen LogP contribution is -2.01. The molecule has 0 N–H and O–H groups in total. The van der Waals surface area contributed by atoms with Gasteiger partial charge >= 0.3 is 0 Å². The molecule has 0 aliphatic rings. The quantitative estimate of drug-likeness (QED) is 0.196. The molecule has 0 bridgehead atoms. The number of fused-ring (bicyclic) bond motifs is 3. The van der Waals surface area contributed by atoms with Crippen molar-refractivity contribution in [3.8, 4) is 56.4 Å². The van der Waals surface area contributed by atoms with Crippen molar-refractivity contribution in [3.63, 3.8) is 0 Å². The predicted octanol–water partition coefficient (Wildman–Crippen LogP) is 9.91. The van der Waals surface area contributed by atoms with Crippen LogP contribution >= 0.6 is 0 Å². The number of hydrogen-bond donors (Lipinski definition) is 0. The molecular weight excluding hydrogens is 536 g/mol. The highest BCUT2D eigenvalue weighted by Gasteiger charge is 2.16. The van der Waals surface area contributed by atoms with Crippen molar-refractivity contribution < 1.29 is 0 Å². The number of hydrogen-bond acceptors (Lipinski definition) is 4. The maximum atomic E-state index is 5.08. The first-order valence-electron chi connectivity index (χ1n) is 14.6. The fourth-order valence-corrected chi connectivity index (χ4v) is 5.74. The Kier molecular flexibility index (Phi) is 6.43. The van der Waals surface area contributed by atoms with Crippen molar-refractivity contribution in [2.24, 2.45) is 0 Å². The van der Waals surface area contributed by atoms with Gasteiger partial charge in [-0.3, -0.25) is 4.98 Å². The average Bonchev–Trinajstić information content (AvgIpc) is 3.12. The minimum Gasteiger partial charge on any atom is -0.256 e. The molecule has 0 saturated carbocycles. The minimum atomic E-state index is 0.631. The van der Waals surface area contributed by atoms with E-state index in [4.69, 9.17) is 15.0 Å². The second-order valence-corrected chi connectivity index (χ2v) is 10.7. The third kappa shape index (κ3) is 4.79. The summed E-state index contributed by atoms with van der Waals surface area (Å²) in [7, 11) is 0. The van der Waals surface area contributed by atoms with Gasteiger partial charge < -0.3 is 0 Å². The summed E-state index contributed by atoms with van der Waals surface area (Å²) >= 11 is 0. The maximum Gasteiger partial charge on any atom is 0.164 e. The van der Waals surface area contributed by atoms with Gasteiger partial charge in [-0.1, -0.05) is 140 Å². The molecule has 8 aromatic rings. The molecule has 0 radical (unpaired) electrons. The predicted molar refractivity (Wildman–Crippen MR) is 180 cm³/mol. The topological polar surface area (TPSA) is 51.6 Å². The van der Waals surface area contributed by atoms with E-state index in [1.165, 1.54) is 11.1 Å². The summed E-state index contributed by atoms with van der Waals surface area (Å²) in [4.78, 5) is 19.9. The van der Waals surface area contributed by atoms with E-state index in [-0.39, 0.29) is 0 Å². The summed E-state index contributed by atoms with van der Waals surface area (Å²) in [6, 6.07) is 52.1. The molecule has 0 aliphatic carbocycles. The first kappa shape index (κ1) is 25.7. The molecular formula is C40H26N4. The summed E-state index contributed by atoms with van der Waals surface area (Å²) in [6.45, 7) is 0. The van der Waals surface area contributed by atoms with Crippen LogP contribution in [0.25, 0.3) is 78.1 Å². The molecule has 44 heavy (non-hydrogen) atoms. The van der Waals surface area contributed by atoms with Crippen LogP contribution in [-0.4, -0.2) is 19.9 Å². The summed E-state index contributed by atoms with van der Waals surface area (Å²) in [5.41, 5.74) is 8.42. The van der Waals surface area contributed by atoms with Gasteiger partial charge in [0.05, 0.1) is 5.52 Å². The van der Waals surface area contributed by atoms with Crippen LogP contribution in [0.2, 0.25) is 0 Å². The number of nitrogens with zero attached hydrogens (tertiary/aromatic N) is 4. The molecule has 4 nitrogen and oxygen atoms in total. The van der Waals surface area contributed by atoms with Crippen LogP contribution in [0.5, 0.6) is 0 Å². The molecule has 6 aromatic carbocycles. The summed E-state index contributed by atoms with van der Waals surface area (Å²) in [5.74, 6) is 1.89. The largest absolute Gasteiger partial charge is 0.256 e. The Balaban J connectivity index is 1.30. The number of aromatic nitrogens is 4. The van der Waals surface area contributed by atoms with Crippen LogP contribution < -0.4 is 0 Å².